The Balaban J connectivity index is 1.29. The van der Waals surface area contributed by atoms with Gasteiger partial charge in [-0.25, -0.2) is 0 Å². The largest absolute Gasteiger partial charge is 0.314 e. The Labute approximate surface area is 121 Å². The molecule has 0 amide bonds. The molecule has 0 atom stereocenters. The predicted octanol–water partition coefficient (Wildman–Crippen LogP) is 3.63. The second kappa shape index (κ2) is 6.87. The van der Waals surface area contributed by atoms with Gasteiger partial charge < -0.3 is 5.32 Å². The lowest BCUT2D eigenvalue weighted by atomic mass is 10.2. The molecule has 0 radical (unpaired) electrons. The van der Waals surface area contributed by atoms with Crippen LogP contribution in [0.1, 0.15) is 49.8 Å². The number of unbranched alkanes of at least 4 members (excludes halogenated alkanes) is 2. The number of rotatable bonds is 10. The van der Waals surface area contributed by atoms with E-state index in [1.807, 2.05) is 11.3 Å². The van der Waals surface area contributed by atoms with E-state index in [0.29, 0.717) is 0 Å². The molecule has 1 aromatic heterocycles. The van der Waals surface area contributed by atoms with Gasteiger partial charge in [-0.05, 0) is 63.1 Å². The summed E-state index contributed by atoms with van der Waals surface area (Å²) in [5.74, 6) is 0. The van der Waals surface area contributed by atoms with E-state index in [1.165, 1.54) is 69.5 Å². The quantitative estimate of drug-likeness (QED) is 0.657. The Kier molecular flexibility index (Phi) is 4.91. The van der Waals surface area contributed by atoms with Crippen LogP contribution in [0.3, 0.4) is 0 Å². The first-order chi connectivity index (χ1) is 9.42. The average molecular weight is 278 g/mol. The fourth-order valence-electron chi connectivity index (χ4n) is 2.64. The van der Waals surface area contributed by atoms with Crippen molar-refractivity contribution < 1.29 is 0 Å². The highest BCUT2D eigenvalue weighted by Gasteiger charge is 2.28. The van der Waals surface area contributed by atoms with Crippen molar-refractivity contribution in [2.24, 2.45) is 0 Å². The van der Waals surface area contributed by atoms with Gasteiger partial charge >= 0.3 is 0 Å². The van der Waals surface area contributed by atoms with Crippen molar-refractivity contribution in [1.82, 2.24) is 10.2 Å². The van der Waals surface area contributed by atoms with Crippen molar-refractivity contribution in [2.45, 2.75) is 63.6 Å². The number of nitrogens with one attached hydrogen (secondary N) is 1. The lowest BCUT2D eigenvalue weighted by Crippen LogP contribution is -2.26. The number of nitrogens with zero attached hydrogens (tertiary/aromatic N) is 1. The van der Waals surface area contributed by atoms with Crippen LogP contribution in [0.25, 0.3) is 0 Å². The van der Waals surface area contributed by atoms with E-state index in [-0.39, 0.29) is 0 Å². The standard InChI is InChI=1S/C16H26N2S/c1(2-10-17-14-6-7-14)3-11-18(15-8-9-15)13-16-5-4-12-19-16/h4-5,12,14-15,17H,1-3,6-11,13H2. The molecule has 1 heterocycles. The summed E-state index contributed by atoms with van der Waals surface area (Å²) < 4.78 is 0. The lowest BCUT2D eigenvalue weighted by molar-refractivity contribution is 0.250. The minimum atomic E-state index is 0.877. The Morgan fingerprint density at radius 2 is 2.05 bits per heavy atom. The summed E-state index contributed by atoms with van der Waals surface area (Å²) in [4.78, 5) is 4.24. The monoisotopic (exact) mass is 278 g/mol. The molecule has 3 heteroatoms. The zero-order chi connectivity index (χ0) is 12.9. The van der Waals surface area contributed by atoms with Crippen LogP contribution < -0.4 is 5.32 Å². The average Bonchev–Trinajstić information content (AvgIpc) is 3.33. The van der Waals surface area contributed by atoms with Gasteiger partial charge in [-0.3, -0.25) is 4.90 Å². The number of thiophene rings is 1. The van der Waals surface area contributed by atoms with Gasteiger partial charge in [-0.2, -0.15) is 0 Å². The fraction of sp³-hybridized carbons (Fsp3) is 0.750. The molecule has 0 saturated heterocycles. The second-order valence-electron chi connectivity index (χ2n) is 6.07. The first-order valence-corrected chi connectivity index (χ1v) is 8.79. The third kappa shape index (κ3) is 4.90. The Morgan fingerprint density at radius 1 is 1.16 bits per heavy atom. The molecule has 0 spiro atoms. The van der Waals surface area contributed by atoms with Crippen LogP contribution in [-0.4, -0.2) is 30.1 Å². The summed E-state index contributed by atoms with van der Waals surface area (Å²) in [5.41, 5.74) is 0. The summed E-state index contributed by atoms with van der Waals surface area (Å²) in [6, 6.07) is 6.22. The first kappa shape index (κ1) is 13.6. The molecule has 2 nitrogen and oxygen atoms in total. The van der Waals surface area contributed by atoms with Crippen LogP contribution in [0.4, 0.5) is 0 Å². The molecular formula is C16H26N2S. The molecular weight excluding hydrogens is 252 g/mol. The summed E-state index contributed by atoms with van der Waals surface area (Å²) in [6.45, 7) is 3.72. The summed E-state index contributed by atoms with van der Waals surface area (Å²) in [6.07, 6.45) is 9.78. The molecule has 0 aromatic carbocycles. The zero-order valence-electron chi connectivity index (χ0n) is 11.8. The highest BCUT2D eigenvalue weighted by Crippen LogP contribution is 2.29. The Bertz CT molecular complexity index is 355. The molecule has 2 saturated carbocycles. The molecule has 1 N–H and O–H groups in total. The summed E-state index contributed by atoms with van der Waals surface area (Å²) >= 11 is 1.90. The maximum absolute atomic E-state index is 3.60. The van der Waals surface area contributed by atoms with Crippen LogP contribution in [0.5, 0.6) is 0 Å². The maximum Gasteiger partial charge on any atom is 0.0330 e. The van der Waals surface area contributed by atoms with Gasteiger partial charge in [0.05, 0.1) is 0 Å². The fourth-order valence-corrected chi connectivity index (χ4v) is 3.37. The number of hydrogen-bond donors (Lipinski definition) is 1. The van der Waals surface area contributed by atoms with E-state index in [1.54, 1.807) is 0 Å². The van der Waals surface area contributed by atoms with Crippen LogP contribution in [0.2, 0.25) is 0 Å². The highest BCUT2D eigenvalue weighted by molar-refractivity contribution is 7.09. The summed E-state index contributed by atoms with van der Waals surface area (Å²) in [7, 11) is 0. The van der Waals surface area contributed by atoms with E-state index in [2.05, 4.69) is 27.7 Å². The van der Waals surface area contributed by atoms with E-state index >= 15 is 0 Å². The molecule has 2 aliphatic carbocycles. The van der Waals surface area contributed by atoms with E-state index in [4.69, 9.17) is 0 Å². The first-order valence-electron chi connectivity index (χ1n) is 7.91. The maximum atomic E-state index is 3.60. The van der Waals surface area contributed by atoms with Gasteiger partial charge in [0.2, 0.25) is 0 Å². The number of hydrogen-bond acceptors (Lipinski definition) is 3. The van der Waals surface area contributed by atoms with Gasteiger partial charge in [0.25, 0.3) is 0 Å². The molecule has 3 rings (SSSR count). The molecule has 1 aromatic rings. The molecule has 2 aliphatic rings. The third-order valence-electron chi connectivity index (χ3n) is 4.13. The zero-order valence-corrected chi connectivity index (χ0v) is 12.6. The minimum Gasteiger partial charge on any atom is -0.314 e. The normalized spacial score (nSPS) is 19.2. The van der Waals surface area contributed by atoms with Crippen molar-refractivity contribution in [3.8, 4) is 0 Å². The van der Waals surface area contributed by atoms with Gasteiger partial charge in [0, 0.05) is 23.5 Å². The summed E-state index contributed by atoms with van der Waals surface area (Å²) in [5, 5.41) is 5.80. The van der Waals surface area contributed by atoms with Crippen LogP contribution in [-0.2, 0) is 6.54 Å². The van der Waals surface area contributed by atoms with Crippen molar-refractivity contribution in [2.75, 3.05) is 13.1 Å². The predicted molar refractivity (Wildman–Crippen MR) is 82.6 cm³/mol. The minimum absolute atomic E-state index is 0.877. The van der Waals surface area contributed by atoms with Crippen LogP contribution in [0, 0.1) is 0 Å². The topological polar surface area (TPSA) is 15.3 Å². The van der Waals surface area contributed by atoms with Gasteiger partial charge in [-0.1, -0.05) is 12.5 Å². The van der Waals surface area contributed by atoms with E-state index in [0.717, 1.165) is 12.1 Å². The van der Waals surface area contributed by atoms with Crippen molar-refractivity contribution >= 4 is 11.3 Å². The van der Waals surface area contributed by atoms with Crippen LogP contribution >= 0.6 is 11.3 Å². The van der Waals surface area contributed by atoms with Gasteiger partial charge in [0.1, 0.15) is 0 Å². The molecule has 0 aliphatic heterocycles. The molecule has 0 unspecified atom stereocenters. The van der Waals surface area contributed by atoms with Crippen molar-refractivity contribution in [1.29, 1.82) is 0 Å². The molecule has 106 valence electrons. The smallest absolute Gasteiger partial charge is 0.0330 e. The van der Waals surface area contributed by atoms with Gasteiger partial charge in [-0.15, -0.1) is 11.3 Å². The van der Waals surface area contributed by atoms with E-state index in [9.17, 15) is 0 Å². The molecule has 0 bridgehead atoms. The van der Waals surface area contributed by atoms with E-state index < -0.39 is 0 Å². The third-order valence-corrected chi connectivity index (χ3v) is 5.00. The Hall–Kier alpha value is -0.380. The SMILES string of the molecule is c1csc(CN(CCCCCNC2CC2)C2CC2)c1. The molecule has 2 fully saturated rings. The molecule has 19 heavy (non-hydrogen) atoms. The Morgan fingerprint density at radius 3 is 2.74 bits per heavy atom. The van der Waals surface area contributed by atoms with Gasteiger partial charge in [0.15, 0.2) is 0 Å². The highest BCUT2D eigenvalue weighted by atomic mass is 32.1. The van der Waals surface area contributed by atoms with Crippen LogP contribution in [0.15, 0.2) is 17.5 Å². The van der Waals surface area contributed by atoms with Crippen molar-refractivity contribution in [3.63, 3.8) is 0 Å². The second-order valence-corrected chi connectivity index (χ2v) is 7.10. The van der Waals surface area contributed by atoms with Crippen molar-refractivity contribution in [3.05, 3.63) is 22.4 Å². The lowest BCUT2D eigenvalue weighted by Gasteiger charge is -2.21.